The van der Waals surface area contributed by atoms with Gasteiger partial charge in [-0.15, -0.1) is 0 Å². The smallest absolute Gasteiger partial charge is 0.0113 e. The van der Waals surface area contributed by atoms with Crippen molar-refractivity contribution < 1.29 is 0 Å². The van der Waals surface area contributed by atoms with Gasteiger partial charge in [0.25, 0.3) is 0 Å². The number of hydrogen-bond donors (Lipinski definition) is 1. The Morgan fingerprint density at radius 2 is 2.22 bits per heavy atom. The third-order valence-electron chi connectivity index (χ3n) is 0.963. The van der Waals surface area contributed by atoms with Gasteiger partial charge in [-0.25, -0.2) is 0 Å². The predicted molar refractivity (Wildman–Crippen MR) is 42.2 cm³/mol. The molecule has 9 heavy (non-hydrogen) atoms. The maximum Gasteiger partial charge on any atom is 0.0113 e. The first-order valence-corrected chi connectivity index (χ1v) is 3.34. The second kappa shape index (κ2) is 5.42. The number of allylic oxidation sites excluding steroid dienone is 3. The molecule has 0 aliphatic heterocycles. The number of rotatable bonds is 3. The van der Waals surface area contributed by atoms with Crippen LogP contribution in [0.1, 0.15) is 20.8 Å². The van der Waals surface area contributed by atoms with Crippen molar-refractivity contribution in [1.29, 1.82) is 0 Å². The van der Waals surface area contributed by atoms with Crippen LogP contribution in [0.15, 0.2) is 23.9 Å². The molecule has 0 aromatic heterocycles. The molecule has 0 amide bonds. The second-order valence-corrected chi connectivity index (χ2v) is 1.95. The zero-order chi connectivity index (χ0) is 7.11. The summed E-state index contributed by atoms with van der Waals surface area (Å²) in [6.07, 6.45) is 6.12. The minimum absolute atomic E-state index is 0.995. The summed E-state index contributed by atoms with van der Waals surface area (Å²) in [5.74, 6) is 0. The van der Waals surface area contributed by atoms with Crippen molar-refractivity contribution >= 4 is 0 Å². The minimum Gasteiger partial charge on any atom is -0.391 e. The van der Waals surface area contributed by atoms with Crippen LogP contribution in [0.4, 0.5) is 0 Å². The van der Waals surface area contributed by atoms with E-state index in [2.05, 4.69) is 25.2 Å². The van der Waals surface area contributed by atoms with Crippen molar-refractivity contribution in [3.05, 3.63) is 23.9 Å². The molecule has 0 radical (unpaired) electrons. The van der Waals surface area contributed by atoms with Crippen molar-refractivity contribution in [2.75, 3.05) is 6.54 Å². The summed E-state index contributed by atoms with van der Waals surface area (Å²) >= 11 is 0. The van der Waals surface area contributed by atoms with E-state index >= 15 is 0 Å². The highest BCUT2D eigenvalue weighted by Gasteiger charge is 1.75. The van der Waals surface area contributed by atoms with Crippen LogP contribution in [0.5, 0.6) is 0 Å². The van der Waals surface area contributed by atoms with E-state index in [9.17, 15) is 0 Å². The Labute approximate surface area is 57.5 Å². The highest BCUT2D eigenvalue weighted by molar-refractivity contribution is 5.13. The van der Waals surface area contributed by atoms with Crippen molar-refractivity contribution in [1.82, 2.24) is 5.32 Å². The average molecular weight is 125 g/mol. The van der Waals surface area contributed by atoms with Gasteiger partial charge < -0.3 is 5.32 Å². The van der Waals surface area contributed by atoms with Crippen LogP contribution in [0.3, 0.4) is 0 Å². The first-order valence-electron chi connectivity index (χ1n) is 3.34. The third kappa shape index (κ3) is 5.15. The fraction of sp³-hybridized carbons (Fsp3) is 0.500. The normalized spacial score (nSPS) is 12.6. The zero-order valence-electron chi connectivity index (χ0n) is 6.44. The zero-order valence-corrected chi connectivity index (χ0v) is 6.44. The lowest BCUT2D eigenvalue weighted by molar-refractivity contribution is 0.911. The molecule has 52 valence electrons. The maximum atomic E-state index is 3.12. The second-order valence-electron chi connectivity index (χ2n) is 1.95. The Bertz CT molecular complexity index is 112. The first-order chi connectivity index (χ1) is 4.31. The van der Waals surface area contributed by atoms with Crippen molar-refractivity contribution in [3.63, 3.8) is 0 Å². The Kier molecular flexibility index (Phi) is 4.98. The fourth-order valence-electron chi connectivity index (χ4n) is 0.574. The summed E-state index contributed by atoms with van der Waals surface area (Å²) in [5, 5.41) is 3.12. The quantitative estimate of drug-likeness (QED) is 0.569. The molecule has 0 heterocycles. The van der Waals surface area contributed by atoms with Crippen LogP contribution in [0, 0.1) is 0 Å². The first kappa shape index (κ1) is 8.28. The van der Waals surface area contributed by atoms with Gasteiger partial charge in [-0.05, 0) is 32.5 Å². The van der Waals surface area contributed by atoms with Gasteiger partial charge in [-0.3, -0.25) is 0 Å². The molecule has 1 N–H and O–H groups in total. The molecule has 0 atom stereocenters. The highest BCUT2D eigenvalue weighted by Crippen LogP contribution is 1.90. The highest BCUT2D eigenvalue weighted by atomic mass is 14.8. The molecule has 0 unspecified atom stereocenters. The van der Waals surface area contributed by atoms with Crippen LogP contribution < -0.4 is 5.32 Å². The molecule has 0 rings (SSSR count). The molecule has 0 aromatic rings. The van der Waals surface area contributed by atoms with Crippen LogP contribution in [0.2, 0.25) is 0 Å². The lowest BCUT2D eigenvalue weighted by Gasteiger charge is -1.93. The van der Waals surface area contributed by atoms with Gasteiger partial charge in [0.15, 0.2) is 0 Å². The van der Waals surface area contributed by atoms with Gasteiger partial charge in [-0.1, -0.05) is 12.2 Å². The average Bonchev–Trinajstić information content (AvgIpc) is 1.85. The van der Waals surface area contributed by atoms with Crippen molar-refractivity contribution in [3.8, 4) is 0 Å². The van der Waals surface area contributed by atoms with E-state index in [0.717, 1.165) is 6.54 Å². The Morgan fingerprint density at radius 1 is 1.56 bits per heavy atom. The summed E-state index contributed by atoms with van der Waals surface area (Å²) in [6.45, 7) is 7.17. The Hall–Kier alpha value is -0.720. The van der Waals surface area contributed by atoms with Gasteiger partial charge in [0, 0.05) is 6.54 Å². The minimum atomic E-state index is 0.995. The summed E-state index contributed by atoms with van der Waals surface area (Å²) in [6, 6.07) is 0. The van der Waals surface area contributed by atoms with Gasteiger partial charge in [0.2, 0.25) is 0 Å². The topological polar surface area (TPSA) is 12.0 Å². The molecule has 0 aliphatic rings. The predicted octanol–water partition coefficient (Wildman–Crippen LogP) is 2.08. The van der Waals surface area contributed by atoms with Gasteiger partial charge in [0.1, 0.15) is 0 Å². The maximum absolute atomic E-state index is 3.12. The van der Waals surface area contributed by atoms with Crippen LogP contribution >= 0.6 is 0 Å². The van der Waals surface area contributed by atoms with Crippen LogP contribution in [0.25, 0.3) is 0 Å². The molecule has 1 nitrogen and oxygen atoms in total. The van der Waals surface area contributed by atoms with E-state index in [1.807, 2.05) is 19.2 Å². The molecular weight excluding hydrogens is 110 g/mol. The van der Waals surface area contributed by atoms with Crippen LogP contribution in [-0.4, -0.2) is 6.54 Å². The molecule has 0 fully saturated rings. The lowest BCUT2D eigenvalue weighted by atomic mass is 10.3. The Balaban J connectivity index is 3.55. The molecule has 0 aliphatic carbocycles. The number of hydrogen-bond acceptors (Lipinski definition) is 1. The van der Waals surface area contributed by atoms with Gasteiger partial charge >= 0.3 is 0 Å². The number of nitrogens with one attached hydrogen (secondary N) is 1. The van der Waals surface area contributed by atoms with Gasteiger partial charge in [-0.2, -0.15) is 0 Å². The summed E-state index contributed by atoms with van der Waals surface area (Å²) in [7, 11) is 0. The van der Waals surface area contributed by atoms with E-state index in [1.54, 1.807) is 0 Å². The molecule has 0 bridgehead atoms. The van der Waals surface area contributed by atoms with Gasteiger partial charge in [0.05, 0.1) is 0 Å². The van der Waals surface area contributed by atoms with Crippen LogP contribution in [-0.2, 0) is 0 Å². The van der Waals surface area contributed by atoms with E-state index in [0.29, 0.717) is 0 Å². The van der Waals surface area contributed by atoms with E-state index in [4.69, 9.17) is 0 Å². The Morgan fingerprint density at radius 3 is 2.67 bits per heavy atom. The SMILES string of the molecule is C/C=C/C(C)=C\NCC. The summed E-state index contributed by atoms with van der Waals surface area (Å²) < 4.78 is 0. The molecule has 0 spiro atoms. The van der Waals surface area contributed by atoms with E-state index < -0.39 is 0 Å². The van der Waals surface area contributed by atoms with E-state index in [-0.39, 0.29) is 0 Å². The van der Waals surface area contributed by atoms with E-state index in [1.165, 1.54) is 5.57 Å². The molecule has 1 heteroatoms. The fourth-order valence-corrected chi connectivity index (χ4v) is 0.574. The molecule has 0 saturated heterocycles. The molecular formula is C8H15N. The third-order valence-corrected chi connectivity index (χ3v) is 0.963. The summed E-state index contributed by atoms with van der Waals surface area (Å²) in [5.41, 5.74) is 1.26. The largest absolute Gasteiger partial charge is 0.391 e. The summed E-state index contributed by atoms with van der Waals surface area (Å²) in [4.78, 5) is 0. The van der Waals surface area contributed by atoms with Crippen molar-refractivity contribution in [2.45, 2.75) is 20.8 Å². The standard InChI is InChI=1S/C8H15N/c1-4-6-8(3)7-9-5-2/h4,6-7,9H,5H2,1-3H3/b6-4+,8-7-. The molecule has 0 aromatic carbocycles. The lowest BCUT2D eigenvalue weighted by Crippen LogP contribution is -2.02. The van der Waals surface area contributed by atoms with Crippen molar-refractivity contribution in [2.24, 2.45) is 0 Å². The monoisotopic (exact) mass is 125 g/mol. The molecule has 0 saturated carbocycles.